The number of benzene rings is 1. The van der Waals surface area contributed by atoms with Crippen molar-refractivity contribution in [3.05, 3.63) is 32.4 Å². The maximum absolute atomic E-state index is 6.25. The normalized spacial score (nSPS) is 27.6. The molecule has 1 aliphatic carbocycles. The van der Waals surface area contributed by atoms with E-state index in [0.717, 1.165) is 29.3 Å². The van der Waals surface area contributed by atoms with Gasteiger partial charge in [0.25, 0.3) is 0 Å². The zero-order valence-corrected chi connectivity index (χ0v) is 16.2. The highest BCUT2D eigenvalue weighted by atomic mass is 127. The molecule has 1 aliphatic rings. The van der Waals surface area contributed by atoms with Crippen LogP contribution in [0.2, 0.25) is 5.02 Å². The molecule has 0 aromatic heterocycles. The summed E-state index contributed by atoms with van der Waals surface area (Å²) in [6.07, 6.45) is 5.18. The molecule has 0 aliphatic heterocycles. The molecular formula is C18H27ClIN. The smallest absolute Gasteiger partial charge is 0.0410 e. The number of rotatable bonds is 5. The fraction of sp³-hybridized carbons (Fsp3) is 0.667. The average molecular weight is 420 g/mol. The lowest BCUT2D eigenvalue weighted by molar-refractivity contribution is 0.171. The Hall–Kier alpha value is 0.200. The van der Waals surface area contributed by atoms with Crippen LogP contribution in [0.25, 0.3) is 0 Å². The fourth-order valence-corrected chi connectivity index (χ4v) is 4.33. The van der Waals surface area contributed by atoms with E-state index in [4.69, 9.17) is 11.6 Å². The molecule has 1 saturated carbocycles. The van der Waals surface area contributed by atoms with Crippen LogP contribution in [0.1, 0.15) is 58.1 Å². The van der Waals surface area contributed by atoms with Gasteiger partial charge in [0.05, 0.1) is 0 Å². The van der Waals surface area contributed by atoms with Crippen LogP contribution in [0, 0.1) is 21.3 Å². The summed E-state index contributed by atoms with van der Waals surface area (Å²) in [7, 11) is 0. The standard InChI is InChI=1S/C18H27ClIN/c1-4-9-21-18(14-6-5-12(2)13(3)10-14)16-11-15(19)7-8-17(16)20/h7-8,11-14,18,21H,4-6,9-10H2,1-3H3. The maximum Gasteiger partial charge on any atom is 0.0410 e. The van der Waals surface area contributed by atoms with E-state index in [1.807, 2.05) is 6.07 Å². The van der Waals surface area contributed by atoms with Crippen LogP contribution < -0.4 is 5.32 Å². The van der Waals surface area contributed by atoms with Gasteiger partial charge in [-0.25, -0.2) is 0 Å². The second-order valence-corrected chi connectivity index (χ2v) is 8.22. The van der Waals surface area contributed by atoms with Crippen LogP contribution in [0.4, 0.5) is 0 Å². The topological polar surface area (TPSA) is 12.0 Å². The van der Waals surface area contributed by atoms with Gasteiger partial charge in [0.15, 0.2) is 0 Å². The first-order chi connectivity index (χ1) is 10.0. The fourth-order valence-electron chi connectivity index (χ4n) is 3.48. The van der Waals surface area contributed by atoms with E-state index >= 15 is 0 Å². The van der Waals surface area contributed by atoms with Gasteiger partial charge in [-0.05, 0) is 89.9 Å². The molecule has 0 amide bonds. The predicted molar refractivity (Wildman–Crippen MR) is 101 cm³/mol. The molecule has 3 heteroatoms. The first-order valence-electron chi connectivity index (χ1n) is 8.21. The molecule has 4 unspecified atom stereocenters. The highest BCUT2D eigenvalue weighted by Crippen LogP contribution is 2.41. The Kier molecular flexibility index (Phi) is 6.82. The van der Waals surface area contributed by atoms with Crippen LogP contribution in [-0.4, -0.2) is 6.54 Å². The van der Waals surface area contributed by atoms with E-state index in [2.05, 4.69) is 60.8 Å². The van der Waals surface area contributed by atoms with Crippen molar-refractivity contribution < 1.29 is 0 Å². The minimum Gasteiger partial charge on any atom is -0.310 e. The van der Waals surface area contributed by atoms with Crippen molar-refractivity contribution >= 4 is 34.2 Å². The Morgan fingerprint density at radius 3 is 2.71 bits per heavy atom. The van der Waals surface area contributed by atoms with Gasteiger partial charge in [-0.3, -0.25) is 0 Å². The summed E-state index contributed by atoms with van der Waals surface area (Å²) in [6.45, 7) is 8.13. The summed E-state index contributed by atoms with van der Waals surface area (Å²) in [6, 6.07) is 6.76. The summed E-state index contributed by atoms with van der Waals surface area (Å²) >= 11 is 8.71. The number of hydrogen-bond donors (Lipinski definition) is 1. The average Bonchev–Trinajstić information content (AvgIpc) is 2.46. The van der Waals surface area contributed by atoms with Crippen molar-refractivity contribution in [3.63, 3.8) is 0 Å². The number of nitrogens with one attached hydrogen (secondary N) is 1. The molecule has 1 aromatic carbocycles. The van der Waals surface area contributed by atoms with E-state index in [1.54, 1.807) is 0 Å². The first kappa shape index (κ1) is 17.6. The van der Waals surface area contributed by atoms with Crippen LogP contribution >= 0.6 is 34.2 Å². The molecule has 118 valence electrons. The van der Waals surface area contributed by atoms with E-state index in [1.165, 1.54) is 34.8 Å². The summed E-state index contributed by atoms with van der Waals surface area (Å²) in [4.78, 5) is 0. The first-order valence-corrected chi connectivity index (χ1v) is 9.67. The number of halogens is 2. The minimum absolute atomic E-state index is 0.450. The van der Waals surface area contributed by atoms with Gasteiger partial charge in [0.2, 0.25) is 0 Å². The lowest BCUT2D eigenvalue weighted by Crippen LogP contribution is -2.34. The second kappa shape index (κ2) is 8.16. The van der Waals surface area contributed by atoms with Crippen molar-refractivity contribution in [2.24, 2.45) is 17.8 Å². The van der Waals surface area contributed by atoms with Crippen molar-refractivity contribution in [3.8, 4) is 0 Å². The van der Waals surface area contributed by atoms with Crippen molar-refractivity contribution in [1.82, 2.24) is 5.32 Å². The molecule has 1 aromatic rings. The highest BCUT2D eigenvalue weighted by molar-refractivity contribution is 14.1. The van der Waals surface area contributed by atoms with Crippen LogP contribution in [0.3, 0.4) is 0 Å². The minimum atomic E-state index is 0.450. The molecule has 0 saturated heterocycles. The Morgan fingerprint density at radius 1 is 1.29 bits per heavy atom. The largest absolute Gasteiger partial charge is 0.310 e. The predicted octanol–water partition coefficient (Wildman–Crippen LogP) is 6.06. The third-order valence-electron chi connectivity index (χ3n) is 5.02. The molecule has 0 spiro atoms. The molecule has 1 nitrogen and oxygen atoms in total. The van der Waals surface area contributed by atoms with Gasteiger partial charge in [-0.2, -0.15) is 0 Å². The van der Waals surface area contributed by atoms with Crippen molar-refractivity contribution in [2.45, 2.75) is 52.5 Å². The third-order valence-corrected chi connectivity index (χ3v) is 6.23. The van der Waals surface area contributed by atoms with Crippen molar-refractivity contribution in [2.75, 3.05) is 6.54 Å². The molecule has 21 heavy (non-hydrogen) atoms. The van der Waals surface area contributed by atoms with Crippen LogP contribution in [0.15, 0.2) is 18.2 Å². The molecule has 0 radical (unpaired) electrons. The highest BCUT2D eigenvalue weighted by Gasteiger charge is 2.31. The second-order valence-electron chi connectivity index (χ2n) is 6.63. The molecule has 4 atom stereocenters. The number of hydrogen-bond acceptors (Lipinski definition) is 1. The van der Waals surface area contributed by atoms with Gasteiger partial charge in [-0.15, -0.1) is 0 Å². The Balaban J connectivity index is 2.23. The summed E-state index contributed by atoms with van der Waals surface area (Å²) in [5, 5.41) is 4.65. The zero-order valence-electron chi connectivity index (χ0n) is 13.3. The Morgan fingerprint density at radius 2 is 2.05 bits per heavy atom. The van der Waals surface area contributed by atoms with Gasteiger partial charge in [0.1, 0.15) is 0 Å². The van der Waals surface area contributed by atoms with Gasteiger partial charge < -0.3 is 5.32 Å². The molecule has 1 N–H and O–H groups in total. The zero-order chi connectivity index (χ0) is 15.4. The summed E-state index contributed by atoms with van der Waals surface area (Å²) in [5.41, 5.74) is 1.39. The molecule has 2 rings (SSSR count). The van der Waals surface area contributed by atoms with E-state index in [0.29, 0.717) is 6.04 Å². The monoisotopic (exact) mass is 419 g/mol. The van der Waals surface area contributed by atoms with Gasteiger partial charge >= 0.3 is 0 Å². The van der Waals surface area contributed by atoms with Crippen molar-refractivity contribution in [1.29, 1.82) is 0 Å². The van der Waals surface area contributed by atoms with E-state index in [-0.39, 0.29) is 0 Å². The van der Waals surface area contributed by atoms with Gasteiger partial charge in [0, 0.05) is 14.6 Å². The SMILES string of the molecule is CCCNC(c1cc(Cl)ccc1I)C1CCC(C)C(C)C1. The van der Waals surface area contributed by atoms with Crippen LogP contribution in [-0.2, 0) is 0 Å². The summed E-state index contributed by atoms with van der Waals surface area (Å²) in [5.74, 6) is 2.42. The lowest BCUT2D eigenvalue weighted by Gasteiger charge is -2.37. The van der Waals surface area contributed by atoms with Crippen LogP contribution in [0.5, 0.6) is 0 Å². The molecule has 0 bridgehead atoms. The van der Waals surface area contributed by atoms with E-state index in [9.17, 15) is 0 Å². The molecule has 1 fully saturated rings. The quantitative estimate of drug-likeness (QED) is 0.572. The van der Waals surface area contributed by atoms with E-state index < -0.39 is 0 Å². The Bertz CT molecular complexity index is 463. The van der Waals surface area contributed by atoms with Gasteiger partial charge in [-0.1, -0.05) is 38.8 Å². The lowest BCUT2D eigenvalue weighted by atomic mass is 9.72. The molecular weight excluding hydrogens is 393 g/mol. The summed E-state index contributed by atoms with van der Waals surface area (Å²) < 4.78 is 1.33. The molecule has 0 heterocycles. The maximum atomic E-state index is 6.25. The third kappa shape index (κ3) is 4.59. The Labute approximate surface area is 148 Å².